The molecule has 0 unspecified atom stereocenters. The summed E-state index contributed by atoms with van der Waals surface area (Å²) in [5.41, 5.74) is 2.27. The van der Waals surface area contributed by atoms with Crippen LogP contribution in [0.5, 0.6) is 0 Å². The molecule has 0 heterocycles. The fraction of sp³-hybridized carbons (Fsp3) is 0.222. The van der Waals surface area contributed by atoms with Crippen molar-refractivity contribution in [2.75, 3.05) is 6.61 Å². The predicted octanol–water partition coefficient (Wildman–Crippen LogP) is 3.68. The van der Waals surface area contributed by atoms with Crippen LogP contribution in [0.1, 0.15) is 34.5 Å². The molecule has 0 aromatic heterocycles. The van der Waals surface area contributed by atoms with E-state index in [9.17, 15) is 9.59 Å². The zero-order valence-corrected chi connectivity index (χ0v) is 13.8. The number of nitrogens with one attached hydrogen (secondary N) is 1. The number of esters is 1. The van der Waals surface area contributed by atoms with Gasteiger partial charge < -0.3 is 10.1 Å². The summed E-state index contributed by atoms with van der Waals surface area (Å²) in [5.74, 6) is -0.877. The Morgan fingerprint density at radius 3 is 2.61 bits per heavy atom. The van der Waals surface area contributed by atoms with Crippen molar-refractivity contribution < 1.29 is 14.3 Å². The lowest BCUT2D eigenvalue weighted by atomic mass is 10.1. The molecule has 0 aliphatic rings. The molecular formula is C18H18ClNO3. The molecule has 4 nitrogen and oxygen atoms in total. The fourth-order valence-electron chi connectivity index (χ4n) is 2.13. The zero-order chi connectivity index (χ0) is 16.8. The number of hydrogen-bond donors (Lipinski definition) is 1. The van der Waals surface area contributed by atoms with Crippen LogP contribution in [0.15, 0.2) is 48.5 Å². The number of amides is 1. The number of aryl methyl sites for hydroxylation is 1. The maximum atomic E-state index is 11.9. The third-order valence-electron chi connectivity index (χ3n) is 3.31. The normalized spacial score (nSPS) is 11.6. The molecule has 0 aliphatic carbocycles. The maximum absolute atomic E-state index is 11.9. The molecule has 2 aromatic carbocycles. The van der Waals surface area contributed by atoms with Crippen molar-refractivity contribution in [2.24, 2.45) is 0 Å². The minimum atomic E-state index is -0.515. The van der Waals surface area contributed by atoms with Crippen LogP contribution in [0.25, 0.3) is 0 Å². The Morgan fingerprint density at radius 2 is 1.91 bits per heavy atom. The van der Waals surface area contributed by atoms with Crippen molar-refractivity contribution >= 4 is 23.5 Å². The number of hydrogen-bond acceptors (Lipinski definition) is 3. The molecule has 1 atom stereocenters. The molecule has 5 heteroatoms. The van der Waals surface area contributed by atoms with Crippen LogP contribution in [0.3, 0.4) is 0 Å². The first-order chi connectivity index (χ1) is 11.0. The van der Waals surface area contributed by atoms with Gasteiger partial charge >= 0.3 is 5.97 Å². The minimum absolute atomic E-state index is 0.223. The SMILES string of the molecule is Cc1cccc(C(=O)OCC(=O)N[C@@H](C)c2cccc(Cl)c2)c1. The van der Waals surface area contributed by atoms with E-state index in [0.717, 1.165) is 11.1 Å². The number of ether oxygens (including phenoxy) is 1. The molecule has 23 heavy (non-hydrogen) atoms. The summed E-state index contributed by atoms with van der Waals surface area (Å²) in [7, 11) is 0. The first kappa shape index (κ1) is 17.0. The summed E-state index contributed by atoms with van der Waals surface area (Å²) in [6, 6.07) is 14.0. The highest BCUT2D eigenvalue weighted by molar-refractivity contribution is 6.30. The summed E-state index contributed by atoms with van der Waals surface area (Å²) in [6.07, 6.45) is 0. The lowest BCUT2D eigenvalue weighted by molar-refractivity contribution is -0.124. The molecule has 2 rings (SSSR count). The highest BCUT2D eigenvalue weighted by Crippen LogP contribution is 2.17. The second-order valence-corrected chi connectivity index (χ2v) is 5.73. The van der Waals surface area contributed by atoms with E-state index in [1.54, 1.807) is 30.3 Å². The lowest BCUT2D eigenvalue weighted by Crippen LogP contribution is -2.31. The average Bonchev–Trinajstić information content (AvgIpc) is 2.52. The Bertz CT molecular complexity index is 715. The molecule has 120 valence electrons. The zero-order valence-electron chi connectivity index (χ0n) is 13.0. The summed E-state index contributed by atoms with van der Waals surface area (Å²) in [4.78, 5) is 23.8. The van der Waals surface area contributed by atoms with E-state index < -0.39 is 5.97 Å². The van der Waals surface area contributed by atoms with Gasteiger partial charge in [0.2, 0.25) is 0 Å². The first-order valence-electron chi connectivity index (χ1n) is 7.24. The van der Waals surface area contributed by atoms with Crippen LogP contribution in [-0.2, 0) is 9.53 Å². The van der Waals surface area contributed by atoms with Crippen LogP contribution in [-0.4, -0.2) is 18.5 Å². The molecule has 0 bridgehead atoms. The van der Waals surface area contributed by atoms with Gasteiger partial charge in [0.15, 0.2) is 6.61 Å². The van der Waals surface area contributed by atoms with Crippen molar-refractivity contribution in [3.63, 3.8) is 0 Å². The second-order valence-electron chi connectivity index (χ2n) is 5.29. The lowest BCUT2D eigenvalue weighted by Gasteiger charge is -2.14. The fourth-order valence-corrected chi connectivity index (χ4v) is 2.33. The van der Waals surface area contributed by atoms with Crippen molar-refractivity contribution in [3.8, 4) is 0 Å². The van der Waals surface area contributed by atoms with E-state index >= 15 is 0 Å². The Balaban J connectivity index is 1.86. The third-order valence-corrected chi connectivity index (χ3v) is 3.55. The van der Waals surface area contributed by atoms with Gasteiger partial charge in [-0.2, -0.15) is 0 Å². The average molecular weight is 332 g/mol. The van der Waals surface area contributed by atoms with Gasteiger partial charge in [0, 0.05) is 5.02 Å². The van der Waals surface area contributed by atoms with Gasteiger partial charge in [0.25, 0.3) is 5.91 Å². The van der Waals surface area contributed by atoms with Gasteiger partial charge in [-0.05, 0) is 43.7 Å². The van der Waals surface area contributed by atoms with Gasteiger partial charge in [0.1, 0.15) is 0 Å². The largest absolute Gasteiger partial charge is 0.452 e. The van der Waals surface area contributed by atoms with E-state index in [1.165, 1.54) is 0 Å². The number of carbonyl (C=O) groups excluding carboxylic acids is 2. The summed E-state index contributed by atoms with van der Waals surface area (Å²) < 4.78 is 5.03. The van der Waals surface area contributed by atoms with Gasteiger partial charge in [-0.15, -0.1) is 0 Å². The van der Waals surface area contributed by atoms with E-state index in [-0.39, 0.29) is 18.6 Å². The minimum Gasteiger partial charge on any atom is -0.452 e. The van der Waals surface area contributed by atoms with E-state index in [0.29, 0.717) is 10.6 Å². The van der Waals surface area contributed by atoms with Gasteiger partial charge in [-0.25, -0.2) is 4.79 Å². The first-order valence-corrected chi connectivity index (χ1v) is 7.62. The summed E-state index contributed by atoms with van der Waals surface area (Å²) >= 11 is 5.93. The van der Waals surface area contributed by atoms with E-state index in [1.807, 2.05) is 32.0 Å². The Hall–Kier alpha value is -2.33. The Kier molecular flexibility index (Phi) is 5.77. The summed E-state index contributed by atoms with van der Waals surface area (Å²) in [6.45, 7) is 3.40. The molecule has 0 fully saturated rings. The summed E-state index contributed by atoms with van der Waals surface area (Å²) in [5, 5.41) is 3.37. The maximum Gasteiger partial charge on any atom is 0.338 e. The molecule has 2 aromatic rings. The van der Waals surface area contributed by atoms with Crippen molar-refractivity contribution in [3.05, 3.63) is 70.2 Å². The molecule has 1 amide bonds. The highest BCUT2D eigenvalue weighted by Gasteiger charge is 2.13. The van der Waals surface area contributed by atoms with Crippen molar-refractivity contribution in [1.29, 1.82) is 0 Å². The van der Waals surface area contributed by atoms with Crippen LogP contribution < -0.4 is 5.32 Å². The Morgan fingerprint density at radius 1 is 1.17 bits per heavy atom. The predicted molar refractivity (Wildman–Crippen MR) is 89.5 cm³/mol. The molecule has 0 spiro atoms. The molecule has 0 saturated heterocycles. The second kappa shape index (κ2) is 7.79. The monoisotopic (exact) mass is 331 g/mol. The van der Waals surface area contributed by atoms with Crippen LogP contribution in [0.2, 0.25) is 5.02 Å². The van der Waals surface area contributed by atoms with E-state index in [2.05, 4.69) is 5.32 Å². The van der Waals surface area contributed by atoms with Gasteiger partial charge in [0.05, 0.1) is 11.6 Å². The van der Waals surface area contributed by atoms with Crippen LogP contribution in [0.4, 0.5) is 0 Å². The van der Waals surface area contributed by atoms with Gasteiger partial charge in [-0.3, -0.25) is 4.79 Å². The smallest absolute Gasteiger partial charge is 0.338 e. The molecular weight excluding hydrogens is 314 g/mol. The molecule has 0 saturated carbocycles. The van der Waals surface area contributed by atoms with E-state index in [4.69, 9.17) is 16.3 Å². The number of rotatable bonds is 5. The van der Waals surface area contributed by atoms with Crippen molar-refractivity contribution in [2.45, 2.75) is 19.9 Å². The Labute approximate surface area is 140 Å². The molecule has 1 N–H and O–H groups in total. The standard InChI is InChI=1S/C18H18ClNO3/c1-12-5-3-7-15(9-12)18(22)23-11-17(21)20-13(2)14-6-4-8-16(19)10-14/h3-10,13H,11H2,1-2H3,(H,20,21)/t13-/m0/s1. The topological polar surface area (TPSA) is 55.4 Å². The number of benzene rings is 2. The molecule has 0 aliphatic heterocycles. The number of carbonyl (C=O) groups is 2. The van der Waals surface area contributed by atoms with Crippen LogP contribution >= 0.6 is 11.6 Å². The highest BCUT2D eigenvalue weighted by atomic mass is 35.5. The third kappa shape index (κ3) is 5.11. The molecule has 0 radical (unpaired) electrons. The number of halogens is 1. The quantitative estimate of drug-likeness (QED) is 0.850. The van der Waals surface area contributed by atoms with Crippen LogP contribution in [0, 0.1) is 6.92 Å². The van der Waals surface area contributed by atoms with Crippen molar-refractivity contribution in [1.82, 2.24) is 5.32 Å². The van der Waals surface area contributed by atoms with Gasteiger partial charge in [-0.1, -0.05) is 41.4 Å².